The summed E-state index contributed by atoms with van der Waals surface area (Å²) < 4.78 is 14.2. The molecule has 0 heterocycles. The minimum absolute atomic E-state index is 0.0452. The molecule has 0 amide bonds. The Bertz CT molecular complexity index is 482. The highest BCUT2D eigenvalue weighted by molar-refractivity contribution is 6.34. The van der Waals surface area contributed by atoms with E-state index < -0.39 is 17.2 Å². The Morgan fingerprint density at radius 2 is 1.72 bits per heavy atom. The highest BCUT2D eigenvalue weighted by atomic mass is 35.5. The summed E-state index contributed by atoms with van der Waals surface area (Å²) in [5.74, 6) is -1.72. The molecule has 2 nitrogen and oxygen atoms in total. The molecule has 0 aromatic heterocycles. The van der Waals surface area contributed by atoms with Crippen LogP contribution in [0, 0.1) is 5.82 Å². The molecule has 1 saturated carbocycles. The minimum Gasteiger partial charge on any atom is -0.481 e. The van der Waals surface area contributed by atoms with Crippen molar-refractivity contribution in [2.24, 2.45) is 0 Å². The van der Waals surface area contributed by atoms with E-state index in [9.17, 15) is 14.3 Å². The molecule has 1 aromatic rings. The Morgan fingerprint density at radius 1 is 1.17 bits per heavy atom. The van der Waals surface area contributed by atoms with Gasteiger partial charge < -0.3 is 5.11 Å². The molecule has 18 heavy (non-hydrogen) atoms. The predicted octanol–water partition coefficient (Wildman–Crippen LogP) is 4.42. The van der Waals surface area contributed by atoms with Gasteiger partial charge in [-0.3, -0.25) is 4.79 Å². The number of carbonyl (C=O) groups is 1. The molecular weight excluding hydrogens is 278 g/mol. The van der Waals surface area contributed by atoms with Crippen molar-refractivity contribution in [3.05, 3.63) is 33.6 Å². The topological polar surface area (TPSA) is 37.3 Å². The van der Waals surface area contributed by atoms with Gasteiger partial charge >= 0.3 is 5.97 Å². The fraction of sp³-hybridized carbons (Fsp3) is 0.462. The van der Waals surface area contributed by atoms with Gasteiger partial charge in [0.15, 0.2) is 0 Å². The van der Waals surface area contributed by atoms with Crippen LogP contribution in [0.2, 0.25) is 10.0 Å². The lowest BCUT2D eigenvalue weighted by molar-refractivity contribution is -0.145. The van der Waals surface area contributed by atoms with E-state index in [4.69, 9.17) is 23.2 Å². The lowest BCUT2D eigenvalue weighted by Gasteiger charge is -2.34. The molecule has 2 rings (SSSR count). The maximum absolute atomic E-state index is 14.2. The number of carboxylic acid groups (broad SMARTS) is 1. The van der Waals surface area contributed by atoms with Gasteiger partial charge in [-0.05, 0) is 25.0 Å². The average Bonchev–Trinajstić information content (AvgIpc) is 2.35. The molecule has 0 unspecified atom stereocenters. The van der Waals surface area contributed by atoms with Gasteiger partial charge in [-0.1, -0.05) is 42.5 Å². The van der Waals surface area contributed by atoms with E-state index >= 15 is 0 Å². The third-order valence-corrected chi connectivity index (χ3v) is 4.25. The van der Waals surface area contributed by atoms with Crippen LogP contribution in [0.25, 0.3) is 0 Å². The van der Waals surface area contributed by atoms with Crippen LogP contribution in [0.15, 0.2) is 12.1 Å². The minimum atomic E-state index is -1.23. The molecule has 5 heteroatoms. The number of aliphatic carboxylic acids is 1. The van der Waals surface area contributed by atoms with Crippen molar-refractivity contribution >= 4 is 29.2 Å². The number of hydrogen-bond donors (Lipinski definition) is 1. The molecule has 1 aromatic carbocycles. The van der Waals surface area contributed by atoms with Crippen molar-refractivity contribution < 1.29 is 14.3 Å². The normalized spacial score (nSPS) is 18.6. The van der Waals surface area contributed by atoms with Crippen molar-refractivity contribution in [1.29, 1.82) is 0 Å². The van der Waals surface area contributed by atoms with Crippen molar-refractivity contribution in [1.82, 2.24) is 0 Å². The van der Waals surface area contributed by atoms with Gasteiger partial charge in [0, 0.05) is 10.6 Å². The van der Waals surface area contributed by atoms with Gasteiger partial charge in [-0.15, -0.1) is 0 Å². The van der Waals surface area contributed by atoms with E-state index in [0.29, 0.717) is 12.8 Å². The first-order chi connectivity index (χ1) is 8.49. The van der Waals surface area contributed by atoms with Crippen LogP contribution >= 0.6 is 23.2 Å². The highest BCUT2D eigenvalue weighted by Gasteiger charge is 2.45. The Morgan fingerprint density at radius 3 is 2.28 bits per heavy atom. The zero-order valence-corrected chi connectivity index (χ0v) is 11.2. The molecule has 98 valence electrons. The van der Waals surface area contributed by atoms with Crippen LogP contribution in [0.1, 0.15) is 37.7 Å². The number of hydrogen-bond acceptors (Lipinski definition) is 1. The number of rotatable bonds is 2. The highest BCUT2D eigenvalue weighted by Crippen LogP contribution is 2.45. The standard InChI is InChI=1S/C13H13Cl2FO2/c14-8-4-5-9(15)11(16)10(8)13(12(17)18)6-2-1-3-7-13/h4-5H,1-3,6-7H2,(H,17,18). The van der Waals surface area contributed by atoms with E-state index in [-0.39, 0.29) is 15.6 Å². The van der Waals surface area contributed by atoms with Gasteiger partial charge in [0.05, 0.1) is 10.4 Å². The largest absolute Gasteiger partial charge is 0.481 e. The second kappa shape index (κ2) is 5.06. The number of benzene rings is 1. The summed E-state index contributed by atoms with van der Waals surface area (Å²) in [6.45, 7) is 0. The summed E-state index contributed by atoms with van der Waals surface area (Å²) in [4.78, 5) is 11.6. The van der Waals surface area contributed by atoms with Crippen molar-refractivity contribution in [2.75, 3.05) is 0 Å². The Labute approximate surface area is 115 Å². The van der Waals surface area contributed by atoms with Crippen LogP contribution in [0.4, 0.5) is 4.39 Å². The third kappa shape index (κ3) is 2.10. The molecule has 0 bridgehead atoms. The molecule has 0 radical (unpaired) electrons. The lowest BCUT2D eigenvalue weighted by Crippen LogP contribution is -2.39. The second-order valence-electron chi connectivity index (χ2n) is 4.67. The first-order valence-corrected chi connectivity index (χ1v) is 6.62. The molecule has 0 saturated heterocycles. The van der Waals surface area contributed by atoms with Crippen molar-refractivity contribution in [2.45, 2.75) is 37.5 Å². The maximum atomic E-state index is 14.2. The van der Waals surface area contributed by atoms with Crippen LogP contribution in [-0.2, 0) is 10.2 Å². The van der Waals surface area contributed by atoms with E-state index in [1.54, 1.807) is 0 Å². The zero-order chi connectivity index (χ0) is 13.3. The fourth-order valence-corrected chi connectivity index (χ4v) is 3.18. The predicted molar refractivity (Wildman–Crippen MR) is 68.8 cm³/mol. The first-order valence-electron chi connectivity index (χ1n) is 5.86. The van der Waals surface area contributed by atoms with Gasteiger partial charge in [-0.2, -0.15) is 0 Å². The van der Waals surface area contributed by atoms with Gasteiger partial charge in [0.25, 0.3) is 0 Å². The van der Waals surface area contributed by atoms with E-state index in [1.807, 2.05) is 0 Å². The molecule has 1 aliphatic rings. The van der Waals surface area contributed by atoms with Gasteiger partial charge in [0.2, 0.25) is 0 Å². The SMILES string of the molecule is O=C(O)C1(c2c(Cl)ccc(Cl)c2F)CCCCC1. The Balaban J connectivity index is 2.63. The van der Waals surface area contributed by atoms with Crippen molar-refractivity contribution in [3.63, 3.8) is 0 Å². The average molecular weight is 291 g/mol. The number of halogens is 3. The molecule has 1 fully saturated rings. The summed E-state index contributed by atoms with van der Waals surface area (Å²) >= 11 is 11.8. The zero-order valence-electron chi connectivity index (χ0n) is 9.68. The van der Waals surface area contributed by atoms with Crippen LogP contribution in [0.5, 0.6) is 0 Å². The second-order valence-corrected chi connectivity index (χ2v) is 5.48. The molecule has 0 spiro atoms. The quantitative estimate of drug-likeness (QED) is 0.819. The Hall–Kier alpha value is -0.800. The monoisotopic (exact) mass is 290 g/mol. The van der Waals surface area contributed by atoms with E-state index in [0.717, 1.165) is 19.3 Å². The smallest absolute Gasteiger partial charge is 0.314 e. The van der Waals surface area contributed by atoms with E-state index in [2.05, 4.69) is 0 Å². The molecular formula is C13H13Cl2FO2. The fourth-order valence-electron chi connectivity index (χ4n) is 2.69. The lowest BCUT2D eigenvalue weighted by atomic mass is 9.69. The van der Waals surface area contributed by atoms with Crippen LogP contribution in [-0.4, -0.2) is 11.1 Å². The van der Waals surface area contributed by atoms with Crippen LogP contribution < -0.4 is 0 Å². The summed E-state index contributed by atoms with van der Waals surface area (Å²) in [5.41, 5.74) is -1.19. The van der Waals surface area contributed by atoms with Crippen molar-refractivity contribution in [3.8, 4) is 0 Å². The summed E-state index contributed by atoms with van der Waals surface area (Å²) in [6.07, 6.45) is 3.29. The summed E-state index contributed by atoms with van der Waals surface area (Å²) in [7, 11) is 0. The number of carboxylic acids is 1. The van der Waals surface area contributed by atoms with Crippen LogP contribution in [0.3, 0.4) is 0 Å². The molecule has 1 aliphatic carbocycles. The van der Waals surface area contributed by atoms with Gasteiger partial charge in [-0.25, -0.2) is 4.39 Å². The third-order valence-electron chi connectivity index (χ3n) is 3.64. The molecule has 0 aliphatic heterocycles. The Kier molecular flexibility index (Phi) is 3.83. The maximum Gasteiger partial charge on any atom is 0.314 e. The summed E-state index contributed by atoms with van der Waals surface area (Å²) in [6, 6.07) is 2.81. The molecule has 0 atom stereocenters. The van der Waals surface area contributed by atoms with Gasteiger partial charge in [0.1, 0.15) is 5.82 Å². The van der Waals surface area contributed by atoms with E-state index in [1.165, 1.54) is 12.1 Å². The first kappa shape index (κ1) is 13.6. The summed E-state index contributed by atoms with van der Waals surface area (Å²) in [5, 5.41) is 9.57. The molecule has 1 N–H and O–H groups in total.